The van der Waals surface area contributed by atoms with Gasteiger partial charge in [-0.2, -0.15) is 10.5 Å². The lowest BCUT2D eigenvalue weighted by Crippen LogP contribution is -2.61. The van der Waals surface area contributed by atoms with Crippen LogP contribution in [0.5, 0.6) is 0 Å². The maximum atomic E-state index is 12.1. The summed E-state index contributed by atoms with van der Waals surface area (Å²) >= 11 is 0.659. The van der Waals surface area contributed by atoms with E-state index in [1.807, 2.05) is 12.1 Å². The molecule has 6 atom stereocenters. The molecule has 1 fully saturated rings. The van der Waals surface area contributed by atoms with Gasteiger partial charge in [0.05, 0.1) is 39.2 Å². The van der Waals surface area contributed by atoms with Crippen LogP contribution in [0.3, 0.4) is 0 Å². The summed E-state index contributed by atoms with van der Waals surface area (Å²) in [6.45, 7) is 3.00. The minimum atomic E-state index is -1.85. The molecule has 1 aromatic carbocycles. The number of nitro benzene ring substituents is 1. The van der Waals surface area contributed by atoms with E-state index >= 15 is 0 Å². The summed E-state index contributed by atoms with van der Waals surface area (Å²) in [6.07, 6.45) is -8.77. The van der Waals surface area contributed by atoms with Gasteiger partial charge in [0.15, 0.2) is 17.6 Å². The van der Waals surface area contributed by atoms with Gasteiger partial charge < -0.3 is 39.8 Å². The monoisotopic (exact) mass is 617 g/mol. The molecule has 1 aromatic rings. The lowest BCUT2D eigenvalue weighted by Gasteiger charge is -2.43. The molecule has 4 N–H and O–H groups in total. The van der Waals surface area contributed by atoms with Crippen molar-refractivity contribution in [1.82, 2.24) is 5.32 Å². The molecule has 2 heterocycles. The van der Waals surface area contributed by atoms with E-state index < -0.39 is 64.9 Å². The second-order valence-corrected chi connectivity index (χ2v) is 9.91. The largest absolute Gasteiger partial charge is 0.506 e. The molecule has 18 heteroatoms. The Hall–Kier alpha value is -5.33. The number of rotatable bonds is 8. The minimum absolute atomic E-state index is 0.0368. The van der Waals surface area contributed by atoms with Crippen molar-refractivity contribution in [3.8, 4) is 12.1 Å². The lowest BCUT2D eigenvalue weighted by atomic mass is 9.84. The molecule has 0 spiro atoms. The van der Waals surface area contributed by atoms with Crippen LogP contribution >= 0.6 is 11.8 Å². The number of nitrogens with two attached hydrogens (primary N) is 1. The number of dihydropyridines is 1. The highest BCUT2D eigenvalue weighted by Crippen LogP contribution is 2.44. The van der Waals surface area contributed by atoms with Gasteiger partial charge in [0.1, 0.15) is 5.82 Å². The highest BCUT2D eigenvalue weighted by molar-refractivity contribution is 8.03. The number of nitriles is 2. The highest BCUT2D eigenvalue weighted by Gasteiger charge is 2.54. The van der Waals surface area contributed by atoms with E-state index in [0.717, 1.165) is 20.8 Å². The van der Waals surface area contributed by atoms with Crippen molar-refractivity contribution in [3.63, 3.8) is 0 Å². The summed E-state index contributed by atoms with van der Waals surface area (Å²) in [5, 5.41) is 43.1. The molecule has 1 saturated heterocycles. The van der Waals surface area contributed by atoms with Crippen LogP contribution in [0, 0.1) is 32.8 Å². The van der Waals surface area contributed by atoms with E-state index in [4.69, 9.17) is 29.4 Å². The molecular formula is C25H23N5O12S. The number of carboxylic acid groups (broad SMARTS) is 1. The summed E-state index contributed by atoms with van der Waals surface area (Å²) in [6, 6.07) is 8.95. The van der Waals surface area contributed by atoms with Gasteiger partial charge in [0.25, 0.3) is 5.69 Å². The first-order valence-electron chi connectivity index (χ1n) is 12.1. The molecule has 17 nitrogen and oxygen atoms in total. The summed E-state index contributed by atoms with van der Waals surface area (Å²) < 4.78 is 26.3. The molecule has 0 saturated carbocycles. The molecule has 0 aliphatic carbocycles. The normalized spacial score (nSPS) is 24.9. The van der Waals surface area contributed by atoms with Crippen molar-refractivity contribution in [3.05, 3.63) is 61.9 Å². The number of hydrogen-bond acceptors (Lipinski definition) is 16. The van der Waals surface area contributed by atoms with Gasteiger partial charge in [-0.15, -0.1) is 0 Å². The maximum Gasteiger partial charge on any atom is 0.506 e. The topological polar surface area (TPSA) is 263 Å². The number of esters is 3. The van der Waals surface area contributed by atoms with Crippen LogP contribution in [0.4, 0.5) is 10.5 Å². The zero-order valence-corrected chi connectivity index (χ0v) is 23.4. The summed E-state index contributed by atoms with van der Waals surface area (Å²) in [5.41, 5.74) is 4.52. The summed E-state index contributed by atoms with van der Waals surface area (Å²) in [4.78, 5) is 57.9. The zero-order chi connectivity index (χ0) is 32.0. The average Bonchev–Trinajstić information content (AvgIpc) is 2.91. The Bertz CT molecular complexity index is 1480. The predicted molar refractivity (Wildman–Crippen MR) is 140 cm³/mol. The second-order valence-electron chi connectivity index (χ2n) is 8.80. The predicted octanol–water partition coefficient (Wildman–Crippen LogP) is 1.62. The van der Waals surface area contributed by atoms with E-state index in [2.05, 4.69) is 5.32 Å². The van der Waals surface area contributed by atoms with Crippen LogP contribution in [0.25, 0.3) is 0 Å². The zero-order valence-electron chi connectivity index (χ0n) is 22.5. The van der Waals surface area contributed by atoms with E-state index in [0.29, 0.717) is 17.3 Å². The third-order valence-corrected chi connectivity index (χ3v) is 7.02. The molecule has 43 heavy (non-hydrogen) atoms. The summed E-state index contributed by atoms with van der Waals surface area (Å²) in [7, 11) is 0. The quantitative estimate of drug-likeness (QED) is 0.162. The number of nitrogens with zero attached hydrogens (tertiary/aromatic N) is 3. The van der Waals surface area contributed by atoms with Gasteiger partial charge in [0.2, 0.25) is 12.4 Å². The fraction of sp³-hybridized carbons (Fsp3) is 0.360. The summed E-state index contributed by atoms with van der Waals surface area (Å²) in [5.74, 6) is -4.07. The molecule has 226 valence electrons. The van der Waals surface area contributed by atoms with E-state index in [9.17, 15) is 44.9 Å². The Morgan fingerprint density at radius 1 is 0.953 bits per heavy atom. The van der Waals surface area contributed by atoms with Crippen molar-refractivity contribution < 1.29 is 52.9 Å². The minimum Gasteiger partial charge on any atom is -0.455 e. The number of allylic oxidation sites excluding steroid dienone is 2. The standard InChI is InChI=1S/C25H23N5O12S/c1-10(31)38-18-19(41-25(34)35)23(40-12(3)33)42-24(20(18)39-11(2)32)43-22-16(9-27)17(15(8-26)21(28)29-22)13-4-6-14(7-5-13)30(36)37/h4-7,17-20,23-24,29H,28H2,1-3H3,(H,34,35)/t17?,18-,19-,20+,23-,24-/m0/s1. The van der Waals surface area contributed by atoms with Gasteiger partial charge >= 0.3 is 24.1 Å². The smallest absolute Gasteiger partial charge is 0.455 e. The Morgan fingerprint density at radius 2 is 1.51 bits per heavy atom. The van der Waals surface area contributed by atoms with Crippen LogP contribution in [0.2, 0.25) is 0 Å². The van der Waals surface area contributed by atoms with E-state index in [1.54, 1.807) is 0 Å². The molecule has 0 bridgehead atoms. The molecule has 2 aliphatic rings. The second kappa shape index (κ2) is 13.6. The molecular weight excluding hydrogens is 594 g/mol. The van der Waals surface area contributed by atoms with Crippen molar-refractivity contribution in [2.45, 2.75) is 56.7 Å². The SMILES string of the molecule is CC(=O)O[C@H]1O[C@@H](SC2=C(C#N)C(c3ccc([N+](=O)[O-])cc3)C(C#N)=C(N)N2)[C@H](OC(C)=O)[C@@H](OC(C)=O)[C@@H]1OC(=O)O. The van der Waals surface area contributed by atoms with Gasteiger partial charge in [-0.05, 0) is 5.56 Å². The number of non-ortho nitro benzene ring substituents is 1. The van der Waals surface area contributed by atoms with E-state index in [1.165, 1.54) is 24.3 Å². The molecule has 0 amide bonds. The third kappa shape index (κ3) is 7.50. The van der Waals surface area contributed by atoms with Crippen LogP contribution < -0.4 is 11.1 Å². The number of benzene rings is 1. The van der Waals surface area contributed by atoms with Crippen LogP contribution in [-0.2, 0) is 38.1 Å². The number of hydrogen-bond donors (Lipinski definition) is 3. The van der Waals surface area contributed by atoms with Gasteiger partial charge in [-0.3, -0.25) is 24.5 Å². The van der Waals surface area contributed by atoms with Crippen molar-refractivity contribution in [2.24, 2.45) is 5.73 Å². The van der Waals surface area contributed by atoms with Gasteiger partial charge in [-0.25, -0.2) is 4.79 Å². The number of carbonyl (C=O) groups excluding carboxylic acids is 3. The third-order valence-electron chi connectivity index (χ3n) is 5.85. The highest BCUT2D eigenvalue weighted by atomic mass is 32.2. The Kier molecular flexibility index (Phi) is 10.1. The molecule has 3 rings (SSSR count). The molecule has 0 radical (unpaired) electrons. The fourth-order valence-electron chi connectivity index (χ4n) is 4.27. The Morgan fingerprint density at radius 3 is 2.00 bits per heavy atom. The number of thioether (sulfide) groups is 1. The number of nitrogens with one attached hydrogen (secondary N) is 1. The van der Waals surface area contributed by atoms with Crippen LogP contribution in [-0.4, -0.2) is 64.1 Å². The van der Waals surface area contributed by atoms with Gasteiger partial charge in [-0.1, -0.05) is 23.9 Å². The van der Waals surface area contributed by atoms with Crippen molar-refractivity contribution in [2.75, 3.05) is 0 Å². The first kappa shape index (κ1) is 32.2. The first-order chi connectivity index (χ1) is 20.3. The molecule has 0 aromatic heterocycles. The Balaban J connectivity index is 2.14. The first-order valence-corrected chi connectivity index (χ1v) is 12.9. The van der Waals surface area contributed by atoms with E-state index in [-0.39, 0.29) is 27.7 Å². The fourth-order valence-corrected chi connectivity index (χ4v) is 5.48. The van der Waals surface area contributed by atoms with Crippen LogP contribution in [0.15, 0.2) is 46.3 Å². The number of nitro groups is 1. The number of carbonyl (C=O) groups is 4. The average molecular weight is 618 g/mol. The van der Waals surface area contributed by atoms with Gasteiger partial charge in [0, 0.05) is 32.9 Å². The Labute approximate surface area is 246 Å². The molecule has 2 aliphatic heterocycles. The van der Waals surface area contributed by atoms with Crippen molar-refractivity contribution >= 4 is 41.5 Å². The van der Waals surface area contributed by atoms with Crippen molar-refractivity contribution in [1.29, 1.82) is 10.5 Å². The lowest BCUT2D eigenvalue weighted by molar-refractivity contribution is -0.384. The van der Waals surface area contributed by atoms with Crippen LogP contribution in [0.1, 0.15) is 32.3 Å². The number of ether oxygens (including phenoxy) is 5. The molecule has 1 unspecified atom stereocenters. The maximum absolute atomic E-state index is 12.1.